The summed E-state index contributed by atoms with van der Waals surface area (Å²) in [6.45, 7) is 3.75. The number of aromatic nitrogens is 1. The van der Waals surface area contributed by atoms with E-state index >= 15 is 0 Å². The SMILES string of the molecule is CCOC(=O)c1c(C)[nH]c(/C=C(\C#N)C(N)=NCc2ccc(OC)cc2)c1O. The summed E-state index contributed by atoms with van der Waals surface area (Å²) in [5, 5.41) is 19.7. The average Bonchev–Trinajstić information content (AvgIpc) is 2.97. The summed E-state index contributed by atoms with van der Waals surface area (Å²) in [6, 6.07) is 9.25. The second-order valence-corrected chi connectivity index (χ2v) is 5.83. The molecule has 2 rings (SSSR count). The Morgan fingerprint density at radius 3 is 2.64 bits per heavy atom. The summed E-state index contributed by atoms with van der Waals surface area (Å²) < 4.78 is 10.0. The largest absolute Gasteiger partial charge is 0.505 e. The Bertz CT molecular complexity index is 950. The quantitative estimate of drug-likeness (QED) is 0.292. The first-order valence-corrected chi connectivity index (χ1v) is 8.54. The molecule has 0 amide bonds. The Hall–Kier alpha value is -3.73. The minimum Gasteiger partial charge on any atom is -0.505 e. The standard InChI is InChI=1S/C20H22N4O4/c1-4-28-20(26)17-12(2)24-16(18(17)25)9-14(10-21)19(22)23-11-13-5-7-15(27-3)8-6-13/h5-9,24-25H,4,11H2,1-3H3,(H2,22,23)/b14-9+. The van der Waals surface area contributed by atoms with Crippen LogP contribution in [0.1, 0.15) is 34.2 Å². The molecule has 0 aliphatic rings. The van der Waals surface area contributed by atoms with Crippen LogP contribution in [0.4, 0.5) is 0 Å². The first kappa shape index (κ1) is 20.6. The van der Waals surface area contributed by atoms with E-state index in [1.807, 2.05) is 18.2 Å². The molecule has 2 aromatic rings. The highest BCUT2D eigenvalue weighted by atomic mass is 16.5. The Kier molecular flexibility index (Phi) is 6.82. The van der Waals surface area contributed by atoms with Crippen LogP contribution in [0.5, 0.6) is 11.5 Å². The van der Waals surface area contributed by atoms with Gasteiger partial charge >= 0.3 is 5.97 Å². The molecular formula is C20H22N4O4. The van der Waals surface area contributed by atoms with E-state index in [9.17, 15) is 15.2 Å². The van der Waals surface area contributed by atoms with Gasteiger partial charge in [-0.1, -0.05) is 12.1 Å². The van der Waals surface area contributed by atoms with Crippen molar-refractivity contribution in [1.29, 1.82) is 5.26 Å². The number of nitrogens with two attached hydrogens (primary N) is 1. The number of hydrogen-bond acceptors (Lipinski definition) is 6. The molecule has 1 heterocycles. The third-order valence-corrected chi connectivity index (χ3v) is 3.94. The molecule has 0 saturated carbocycles. The van der Waals surface area contributed by atoms with Crippen LogP contribution in [0, 0.1) is 18.3 Å². The van der Waals surface area contributed by atoms with Crippen LogP contribution in [-0.4, -0.2) is 35.6 Å². The number of esters is 1. The monoisotopic (exact) mass is 382 g/mol. The number of benzene rings is 1. The molecule has 0 saturated heterocycles. The molecule has 8 nitrogen and oxygen atoms in total. The summed E-state index contributed by atoms with van der Waals surface area (Å²) in [7, 11) is 1.58. The van der Waals surface area contributed by atoms with Gasteiger partial charge in [0.15, 0.2) is 5.75 Å². The van der Waals surface area contributed by atoms with Gasteiger partial charge in [0.25, 0.3) is 0 Å². The number of aromatic amines is 1. The summed E-state index contributed by atoms with van der Waals surface area (Å²) in [4.78, 5) is 19.0. The Morgan fingerprint density at radius 2 is 2.07 bits per heavy atom. The summed E-state index contributed by atoms with van der Waals surface area (Å²) in [5.41, 5.74) is 7.51. The average molecular weight is 382 g/mol. The number of aromatic hydroxyl groups is 1. The number of ether oxygens (including phenoxy) is 2. The van der Waals surface area contributed by atoms with E-state index in [0.29, 0.717) is 5.69 Å². The van der Waals surface area contributed by atoms with E-state index in [2.05, 4.69) is 9.98 Å². The number of carbonyl (C=O) groups is 1. The molecular weight excluding hydrogens is 360 g/mol. The van der Waals surface area contributed by atoms with Crippen LogP contribution >= 0.6 is 0 Å². The van der Waals surface area contributed by atoms with Gasteiger partial charge in [0.1, 0.15) is 23.2 Å². The number of nitrogens with zero attached hydrogens (tertiary/aromatic N) is 2. The molecule has 0 spiro atoms. The van der Waals surface area contributed by atoms with Crippen molar-refractivity contribution in [3.63, 3.8) is 0 Å². The Balaban J connectivity index is 2.26. The second kappa shape index (κ2) is 9.28. The minimum atomic E-state index is -0.645. The predicted molar refractivity (Wildman–Crippen MR) is 105 cm³/mol. The minimum absolute atomic E-state index is 0.0163. The van der Waals surface area contributed by atoms with Crippen molar-refractivity contribution >= 4 is 17.9 Å². The molecule has 0 radical (unpaired) electrons. The van der Waals surface area contributed by atoms with E-state index in [-0.39, 0.29) is 41.6 Å². The van der Waals surface area contributed by atoms with E-state index in [0.717, 1.165) is 11.3 Å². The van der Waals surface area contributed by atoms with Crippen LogP contribution in [0.3, 0.4) is 0 Å². The van der Waals surface area contributed by atoms with E-state index in [4.69, 9.17) is 15.2 Å². The Morgan fingerprint density at radius 1 is 1.39 bits per heavy atom. The molecule has 146 valence electrons. The normalized spacial score (nSPS) is 11.8. The van der Waals surface area contributed by atoms with Crippen LogP contribution in [0.15, 0.2) is 34.8 Å². The van der Waals surface area contributed by atoms with Crippen LogP contribution in [0.25, 0.3) is 6.08 Å². The van der Waals surface area contributed by atoms with Crippen LogP contribution in [0.2, 0.25) is 0 Å². The van der Waals surface area contributed by atoms with Gasteiger partial charge in [-0.05, 0) is 37.6 Å². The number of hydrogen-bond donors (Lipinski definition) is 3. The third-order valence-electron chi connectivity index (χ3n) is 3.94. The van der Waals surface area contributed by atoms with E-state index < -0.39 is 5.97 Å². The number of aryl methyl sites for hydroxylation is 1. The lowest BCUT2D eigenvalue weighted by Gasteiger charge is -2.03. The summed E-state index contributed by atoms with van der Waals surface area (Å²) >= 11 is 0. The summed E-state index contributed by atoms with van der Waals surface area (Å²) in [6.07, 6.45) is 1.35. The maximum Gasteiger partial charge on any atom is 0.343 e. The molecule has 1 aromatic heterocycles. The molecule has 8 heteroatoms. The number of methoxy groups -OCH3 is 1. The first-order valence-electron chi connectivity index (χ1n) is 8.54. The van der Waals surface area contributed by atoms with Gasteiger partial charge in [-0.15, -0.1) is 0 Å². The zero-order valence-corrected chi connectivity index (χ0v) is 15.9. The van der Waals surface area contributed by atoms with Gasteiger partial charge < -0.3 is 25.3 Å². The van der Waals surface area contributed by atoms with Crippen LogP contribution in [-0.2, 0) is 11.3 Å². The number of amidine groups is 1. The van der Waals surface area contributed by atoms with Crippen molar-refractivity contribution in [1.82, 2.24) is 4.98 Å². The molecule has 4 N–H and O–H groups in total. The van der Waals surface area contributed by atoms with Crippen molar-refractivity contribution in [3.8, 4) is 17.6 Å². The van der Waals surface area contributed by atoms with E-state index in [1.165, 1.54) is 6.08 Å². The second-order valence-electron chi connectivity index (χ2n) is 5.83. The van der Waals surface area contributed by atoms with Crippen molar-refractivity contribution in [2.24, 2.45) is 10.7 Å². The predicted octanol–water partition coefficient (Wildman–Crippen LogP) is 2.68. The van der Waals surface area contributed by atoms with Gasteiger partial charge in [-0.25, -0.2) is 4.79 Å². The molecule has 0 unspecified atom stereocenters. The fourth-order valence-corrected chi connectivity index (χ4v) is 2.49. The van der Waals surface area contributed by atoms with E-state index in [1.54, 1.807) is 33.1 Å². The van der Waals surface area contributed by atoms with Gasteiger partial charge in [-0.3, -0.25) is 4.99 Å². The zero-order valence-electron chi connectivity index (χ0n) is 15.9. The lowest BCUT2D eigenvalue weighted by molar-refractivity contribution is 0.0522. The number of H-pyrrole nitrogens is 1. The number of nitrogens with one attached hydrogen (secondary N) is 1. The van der Waals surface area contributed by atoms with Gasteiger partial charge in [0, 0.05) is 5.69 Å². The fourth-order valence-electron chi connectivity index (χ4n) is 2.49. The van der Waals surface area contributed by atoms with Crippen LogP contribution < -0.4 is 10.5 Å². The zero-order chi connectivity index (χ0) is 20.7. The molecule has 28 heavy (non-hydrogen) atoms. The molecule has 1 aromatic carbocycles. The van der Waals surface area contributed by atoms with Crippen molar-refractivity contribution in [2.75, 3.05) is 13.7 Å². The third kappa shape index (κ3) is 4.71. The van der Waals surface area contributed by atoms with Crippen molar-refractivity contribution in [3.05, 3.63) is 52.4 Å². The smallest absolute Gasteiger partial charge is 0.343 e. The molecule has 0 aliphatic heterocycles. The first-order chi connectivity index (χ1) is 13.4. The number of aliphatic imine (C=N–C) groups is 1. The lowest BCUT2D eigenvalue weighted by Crippen LogP contribution is -2.14. The molecule has 0 atom stereocenters. The van der Waals surface area contributed by atoms with Gasteiger partial charge in [0.2, 0.25) is 0 Å². The topological polar surface area (TPSA) is 134 Å². The number of nitriles is 1. The molecule has 0 bridgehead atoms. The molecule has 0 fully saturated rings. The van der Waals surface area contributed by atoms with Gasteiger partial charge in [0.05, 0.1) is 31.5 Å². The van der Waals surface area contributed by atoms with Gasteiger partial charge in [-0.2, -0.15) is 5.26 Å². The number of carbonyl (C=O) groups excluding carboxylic acids is 1. The highest BCUT2D eigenvalue weighted by Gasteiger charge is 2.21. The summed E-state index contributed by atoms with van der Waals surface area (Å²) in [5.74, 6) is -0.198. The highest BCUT2D eigenvalue weighted by Crippen LogP contribution is 2.28. The van der Waals surface area contributed by atoms with Crippen molar-refractivity contribution < 1.29 is 19.4 Å². The maximum atomic E-state index is 11.9. The maximum absolute atomic E-state index is 11.9. The van der Waals surface area contributed by atoms with Crippen molar-refractivity contribution in [2.45, 2.75) is 20.4 Å². The number of rotatable bonds is 7. The lowest BCUT2D eigenvalue weighted by atomic mass is 10.1. The fraction of sp³-hybridized carbons (Fsp3) is 0.250. The Labute approximate surface area is 162 Å². The molecule has 0 aliphatic carbocycles. The highest BCUT2D eigenvalue weighted by molar-refractivity contribution is 6.05.